The molecular weight excluding hydrogens is 377 g/mol. The lowest BCUT2D eigenvalue weighted by Gasteiger charge is -2.14. The van der Waals surface area contributed by atoms with E-state index < -0.39 is 11.2 Å². The first kappa shape index (κ1) is 18.2. The van der Waals surface area contributed by atoms with E-state index in [-0.39, 0.29) is 6.54 Å². The number of ether oxygens (including phenoxy) is 1. The van der Waals surface area contributed by atoms with E-state index in [1.807, 2.05) is 32.0 Å². The van der Waals surface area contributed by atoms with Crippen molar-refractivity contribution in [1.82, 2.24) is 14.8 Å². The van der Waals surface area contributed by atoms with Crippen LogP contribution in [0.4, 0.5) is 0 Å². The minimum absolute atomic E-state index is 0.110. The summed E-state index contributed by atoms with van der Waals surface area (Å²) in [5, 5.41) is 4.41. The molecule has 0 bridgehead atoms. The Labute approximate surface area is 159 Å². The topological polar surface area (TPSA) is 77.0 Å². The molecule has 0 unspecified atom stereocenters. The molecule has 1 aromatic heterocycles. The molecule has 3 aromatic rings. The largest absolute Gasteiger partial charge is 0.454 e. The number of halogens is 2. The summed E-state index contributed by atoms with van der Waals surface area (Å²) in [6.45, 7) is 4.05. The molecule has 6 nitrogen and oxygen atoms in total. The second-order valence-electron chi connectivity index (χ2n) is 5.86. The number of benzene rings is 2. The van der Waals surface area contributed by atoms with Gasteiger partial charge in [0.25, 0.3) is 5.56 Å². The zero-order valence-electron chi connectivity index (χ0n) is 14.0. The molecule has 0 amide bonds. The van der Waals surface area contributed by atoms with Gasteiger partial charge in [-0.3, -0.25) is 9.78 Å². The molecule has 134 valence electrons. The molecule has 0 radical (unpaired) electrons. The van der Waals surface area contributed by atoms with Gasteiger partial charge in [0.2, 0.25) is 0 Å². The monoisotopic (exact) mass is 391 g/mol. The third-order valence-electron chi connectivity index (χ3n) is 3.71. The minimum atomic E-state index is -0.611. The van der Waals surface area contributed by atoms with Gasteiger partial charge in [-0.2, -0.15) is 5.10 Å². The molecule has 0 saturated carbocycles. The van der Waals surface area contributed by atoms with Crippen molar-refractivity contribution in [2.24, 2.45) is 0 Å². The van der Waals surface area contributed by atoms with Crippen molar-refractivity contribution in [3.63, 3.8) is 0 Å². The molecule has 2 aromatic carbocycles. The Hall–Kier alpha value is -2.57. The van der Waals surface area contributed by atoms with E-state index in [0.29, 0.717) is 27.1 Å². The standard InChI is InChI=1S/C18H15Cl2N3O3/c1-10-3-4-15(11(2)5-10)26-17-13(19)6-12(7-14(17)20)9-23-18(25)22-16(24)8-21-23/h3-8H,9H2,1-2H3,(H,22,24,25). The van der Waals surface area contributed by atoms with E-state index in [0.717, 1.165) is 22.0 Å². The molecule has 0 aliphatic rings. The van der Waals surface area contributed by atoms with E-state index in [1.54, 1.807) is 12.1 Å². The van der Waals surface area contributed by atoms with Crippen LogP contribution >= 0.6 is 23.2 Å². The average Bonchev–Trinajstić information content (AvgIpc) is 2.55. The van der Waals surface area contributed by atoms with Gasteiger partial charge in [0.05, 0.1) is 16.6 Å². The molecule has 0 aliphatic heterocycles. The summed E-state index contributed by atoms with van der Waals surface area (Å²) in [6, 6.07) is 9.08. The Morgan fingerprint density at radius 1 is 1.12 bits per heavy atom. The van der Waals surface area contributed by atoms with Crippen molar-refractivity contribution in [2.75, 3.05) is 0 Å². The lowest BCUT2D eigenvalue weighted by Crippen LogP contribution is -2.31. The number of rotatable bonds is 4. The molecule has 0 atom stereocenters. The smallest absolute Gasteiger partial charge is 0.345 e. The summed E-state index contributed by atoms with van der Waals surface area (Å²) in [5.41, 5.74) is 1.57. The van der Waals surface area contributed by atoms with Crippen LogP contribution in [0.3, 0.4) is 0 Å². The maximum absolute atomic E-state index is 11.7. The van der Waals surface area contributed by atoms with Crippen LogP contribution in [0.1, 0.15) is 16.7 Å². The molecule has 1 heterocycles. The summed E-state index contributed by atoms with van der Waals surface area (Å²) in [6.07, 6.45) is 1.03. The van der Waals surface area contributed by atoms with Gasteiger partial charge in [-0.25, -0.2) is 9.48 Å². The van der Waals surface area contributed by atoms with Crippen molar-refractivity contribution in [3.8, 4) is 11.5 Å². The van der Waals surface area contributed by atoms with Crippen molar-refractivity contribution in [3.05, 3.63) is 84.1 Å². The highest BCUT2D eigenvalue weighted by molar-refractivity contribution is 6.37. The summed E-state index contributed by atoms with van der Waals surface area (Å²) in [5.74, 6) is 0.997. The molecule has 0 saturated heterocycles. The summed E-state index contributed by atoms with van der Waals surface area (Å²) in [4.78, 5) is 25.0. The van der Waals surface area contributed by atoms with Gasteiger partial charge >= 0.3 is 5.69 Å². The van der Waals surface area contributed by atoms with E-state index in [1.165, 1.54) is 0 Å². The molecule has 0 spiro atoms. The molecule has 3 rings (SSSR count). The van der Waals surface area contributed by atoms with E-state index >= 15 is 0 Å². The lowest BCUT2D eigenvalue weighted by atomic mass is 10.1. The van der Waals surface area contributed by atoms with Gasteiger partial charge < -0.3 is 4.74 Å². The molecule has 8 heteroatoms. The summed E-state index contributed by atoms with van der Waals surface area (Å²) >= 11 is 12.6. The Kier molecular flexibility index (Phi) is 5.15. The summed E-state index contributed by atoms with van der Waals surface area (Å²) < 4.78 is 6.98. The highest BCUT2D eigenvalue weighted by atomic mass is 35.5. The molecule has 26 heavy (non-hydrogen) atoms. The van der Waals surface area contributed by atoms with Crippen molar-refractivity contribution >= 4 is 23.2 Å². The van der Waals surface area contributed by atoms with Crippen LogP contribution in [0.15, 0.2) is 46.1 Å². The first-order valence-corrected chi connectivity index (χ1v) is 8.48. The van der Waals surface area contributed by atoms with Crippen LogP contribution in [0.25, 0.3) is 0 Å². The number of hydrogen-bond acceptors (Lipinski definition) is 4. The normalized spacial score (nSPS) is 10.8. The SMILES string of the molecule is Cc1ccc(Oc2c(Cl)cc(Cn3ncc(=O)[nH]c3=O)cc2Cl)c(C)c1. The molecule has 1 N–H and O–H groups in total. The predicted octanol–water partition coefficient (Wildman–Crippen LogP) is 3.70. The fourth-order valence-electron chi connectivity index (χ4n) is 2.49. The highest BCUT2D eigenvalue weighted by Crippen LogP contribution is 2.38. The number of H-pyrrole nitrogens is 1. The van der Waals surface area contributed by atoms with E-state index in [4.69, 9.17) is 27.9 Å². The van der Waals surface area contributed by atoms with Gasteiger partial charge in [0, 0.05) is 0 Å². The Morgan fingerprint density at radius 2 is 1.81 bits per heavy atom. The quantitative estimate of drug-likeness (QED) is 0.735. The highest BCUT2D eigenvalue weighted by Gasteiger charge is 2.13. The second kappa shape index (κ2) is 7.35. The van der Waals surface area contributed by atoms with E-state index in [2.05, 4.69) is 10.1 Å². The molecule has 0 fully saturated rings. The van der Waals surface area contributed by atoms with Gasteiger partial charge in [-0.05, 0) is 43.2 Å². The third kappa shape index (κ3) is 3.98. The predicted molar refractivity (Wildman–Crippen MR) is 101 cm³/mol. The van der Waals surface area contributed by atoms with Gasteiger partial charge in [0.1, 0.15) is 11.9 Å². The van der Waals surface area contributed by atoms with Crippen molar-refractivity contribution in [1.29, 1.82) is 0 Å². The van der Waals surface area contributed by atoms with Crippen LogP contribution in [-0.2, 0) is 6.54 Å². The molecular formula is C18H15Cl2N3O3. The Balaban J connectivity index is 1.90. The number of aromatic nitrogens is 3. The van der Waals surface area contributed by atoms with E-state index in [9.17, 15) is 9.59 Å². The minimum Gasteiger partial charge on any atom is -0.454 e. The van der Waals surface area contributed by atoms with Gasteiger partial charge in [-0.1, -0.05) is 40.9 Å². The first-order valence-electron chi connectivity index (χ1n) is 7.73. The third-order valence-corrected chi connectivity index (χ3v) is 4.27. The lowest BCUT2D eigenvalue weighted by molar-refractivity contribution is 0.479. The van der Waals surface area contributed by atoms with Crippen LogP contribution < -0.4 is 16.0 Å². The Bertz CT molecular complexity index is 1070. The zero-order chi connectivity index (χ0) is 18.8. The fourth-order valence-corrected chi connectivity index (χ4v) is 3.10. The van der Waals surface area contributed by atoms with Crippen molar-refractivity contribution in [2.45, 2.75) is 20.4 Å². The first-order chi connectivity index (χ1) is 12.3. The second-order valence-corrected chi connectivity index (χ2v) is 6.67. The number of hydrogen-bond donors (Lipinski definition) is 1. The maximum atomic E-state index is 11.7. The Morgan fingerprint density at radius 3 is 2.42 bits per heavy atom. The zero-order valence-corrected chi connectivity index (χ0v) is 15.6. The number of aryl methyl sites for hydroxylation is 2. The summed E-state index contributed by atoms with van der Waals surface area (Å²) in [7, 11) is 0. The number of nitrogens with one attached hydrogen (secondary N) is 1. The number of nitrogens with zero attached hydrogens (tertiary/aromatic N) is 2. The maximum Gasteiger partial charge on any atom is 0.345 e. The van der Waals surface area contributed by atoms with Gasteiger partial charge in [0.15, 0.2) is 5.75 Å². The van der Waals surface area contributed by atoms with Crippen molar-refractivity contribution < 1.29 is 4.74 Å². The van der Waals surface area contributed by atoms with Crippen LogP contribution in [-0.4, -0.2) is 14.8 Å². The average molecular weight is 392 g/mol. The van der Waals surface area contributed by atoms with Crippen LogP contribution in [0.5, 0.6) is 11.5 Å². The van der Waals surface area contributed by atoms with Crippen LogP contribution in [0.2, 0.25) is 10.0 Å². The molecule has 0 aliphatic carbocycles. The fraction of sp³-hybridized carbons (Fsp3) is 0.167. The van der Waals surface area contributed by atoms with Crippen LogP contribution in [0, 0.1) is 13.8 Å². The van der Waals surface area contributed by atoms with Gasteiger partial charge in [-0.15, -0.1) is 0 Å². The number of aromatic amines is 1.